The first-order valence-corrected chi connectivity index (χ1v) is 16.2. The molecule has 2 aliphatic rings. The van der Waals surface area contributed by atoms with Gasteiger partial charge in [0.15, 0.2) is 0 Å². The summed E-state index contributed by atoms with van der Waals surface area (Å²) >= 11 is 1.48. The molecule has 238 valence electrons. The van der Waals surface area contributed by atoms with Gasteiger partial charge in [-0.2, -0.15) is 0 Å². The van der Waals surface area contributed by atoms with Gasteiger partial charge in [-0.25, -0.2) is 9.37 Å². The van der Waals surface area contributed by atoms with Crippen molar-refractivity contribution in [2.24, 2.45) is 0 Å². The number of aryl methyl sites for hydroxylation is 1. The van der Waals surface area contributed by atoms with Gasteiger partial charge < -0.3 is 30.2 Å². The van der Waals surface area contributed by atoms with Crippen LogP contribution in [0.25, 0.3) is 10.9 Å². The third kappa shape index (κ3) is 7.26. The van der Waals surface area contributed by atoms with Gasteiger partial charge in [0.2, 0.25) is 5.56 Å². The fraction of sp³-hybridized carbons (Fsp3) is 0.424. The van der Waals surface area contributed by atoms with Gasteiger partial charge in [-0.15, -0.1) is 11.3 Å². The minimum Gasteiger partial charge on any atom is -0.506 e. The second kappa shape index (κ2) is 13.4. The molecular weight excluding hydrogens is 597 g/mol. The van der Waals surface area contributed by atoms with Crippen LogP contribution in [0, 0.1) is 12.7 Å². The number of pyridine rings is 1. The van der Waals surface area contributed by atoms with Crippen LogP contribution in [0.1, 0.15) is 51.1 Å². The lowest BCUT2D eigenvalue weighted by Gasteiger charge is -2.47. The molecule has 2 aromatic carbocycles. The monoisotopic (exact) mass is 635 g/mol. The summed E-state index contributed by atoms with van der Waals surface area (Å²) < 4.78 is 20.9. The number of nitrogens with one attached hydrogen (secondary N) is 2. The topological polar surface area (TPSA) is 131 Å². The van der Waals surface area contributed by atoms with Crippen molar-refractivity contribution < 1.29 is 24.1 Å². The molecule has 0 unspecified atom stereocenters. The molecule has 4 aromatic rings. The number of thiazole rings is 1. The van der Waals surface area contributed by atoms with Crippen molar-refractivity contribution in [2.45, 2.75) is 44.4 Å². The summed E-state index contributed by atoms with van der Waals surface area (Å²) in [6.07, 6.45) is 1.32. The number of aromatic amines is 1. The maximum absolute atomic E-state index is 14.6. The zero-order chi connectivity index (χ0) is 31.6. The molecule has 6 rings (SSSR count). The maximum Gasteiger partial charge on any atom is 0.273 e. The van der Waals surface area contributed by atoms with Crippen LogP contribution in [0.5, 0.6) is 5.75 Å². The standard InChI is InChI=1S/C33H38FN5O5S/c1-21-36-27(19-45-21)32(43)39-12-13-44-33(20-39)7-10-38(11-8-33)18-23-14-22(15-24(34)16-23)6-9-35-17-29(41)25-2-4-28(40)31-26(25)3-5-30(42)37-31/h2-5,14-16,19,29,35,40-41H,6-13,17-18,20H2,1H3,(H,37,42)/t29-/m0/s1. The summed E-state index contributed by atoms with van der Waals surface area (Å²) in [5.41, 5.74) is 2.48. The molecule has 12 heteroatoms. The van der Waals surface area contributed by atoms with E-state index in [0.29, 0.717) is 61.4 Å². The normalized spacial score (nSPS) is 17.6. The van der Waals surface area contributed by atoms with Crippen LogP contribution < -0.4 is 10.9 Å². The number of H-pyrrole nitrogens is 1. The Hall–Kier alpha value is -3.68. The molecule has 2 aromatic heterocycles. The molecule has 4 N–H and O–H groups in total. The predicted molar refractivity (Wildman–Crippen MR) is 170 cm³/mol. The highest BCUT2D eigenvalue weighted by Gasteiger charge is 2.41. The van der Waals surface area contributed by atoms with E-state index in [2.05, 4.69) is 20.2 Å². The molecule has 2 saturated heterocycles. The number of amides is 1. The number of benzene rings is 2. The van der Waals surface area contributed by atoms with Gasteiger partial charge in [0, 0.05) is 49.6 Å². The van der Waals surface area contributed by atoms with E-state index in [1.54, 1.807) is 24.3 Å². The largest absolute Gasteiger partial charge is 0.506 e. The average molecular weight is 636 g/mol. The minimum absolute atomic E-state index is 0.0350. The molecule has 0 aliphatic carbocycles. The number of likely N-dealkylation sites (tertiary alicyclic amines) is 1. The molecule has 1 spiro atoms. The van der Waals surface area contributed by atoms with Crippen molar-refractivity contribution in [3.63, 3.8) is 0 Å². The van der Waals surface area contributed by atoms with Gasteiger partial charge in [0.05, 0.1) is 35.4 Å². The van der Waals surface area contributed by atoms with E-state index in [0.717, 1.165) is 42.1 Å². The van der Waals surface area contributed by atoms with Crippen LogP contribution in [0.4, 0.5) is 4.39 Å². The highest BCUT2D eigenvalue weighted by molar-refractivity contribution is 7.09. The minimum atomic E-state index is -0.862. The van der Waals surface area contributed by atoms with Crippen LogP contribution in [-0.2, 0) is 17.7 Å². The molecule has 2 aliphatic heterocycles. The Labute approximate surface area is 264 Å². The number of aromatic nitrogens is 2. The van der Waals surface area contributed by atoms with Crippen LogP contribution in [-0.4, -0.2) is 87.4 Å². The zero-order valence-corrected chi connectivity index (χ0v) is 26.0. The van der Waals surface area contributed by atoms with E-state index in [9.17, 15) is 24.2 Å². The Bertz CT molecular complexity index is 1730. The number of carbonyl (C=O) groups is 1. The van der Waals surface area contributed by atoms with E-state index in [1.165, 1.54) is 23.5 Å². The number of ether oxygens (including phenoxy) is 1. The average Bonchev–Trinajstić information content (AvgIpc) is 3.46. The lowest BCUT2D eigenvalue weighted by molar-refractivity contribution is -0.128. The third-order valence-corrected chi connectivity index (χ3v) is 9.53. The molecule has 2 fully saturated rings. The number of aliphatic hydroxyl groups excluding tert-OH is 1. The van der Waals surface area contributed by atoms with Crippen LogP contribution in [0.2, 0.25) is 0 Å². The zero-order valence-electron chi connectivity index (χ0n) is 25.2. The van der Waals surface area contributed by atoms with Crippen molar-refractivity contribution in [3.8, 4) is 5.75 Å². The number of phenolic OH excluding ortho intramolecular Hbond substituents is 1. The summed E-state index contributed by atoms with van der Waals surface area (Å²) in [4.78, 5) is 35.8. The molecule has 1 amide bonds. The molecule has 4 heterocycles. The van der Waals surface area contributed by atoms with Crippen molar-refractivity contribution in [1.82, 2.24) is 25.1 Å². The smallest absolute Gasteiger partial charge is 0.273 e. The predicted octanol–water partition coefficient (Wildman–Crippen LogP) is 3.51. The van der Waals surface area contributed by atoms with E-state index >= 15 is 0 Å². The number of morpholine rings is 1. The number of piperidine rings is 1. The second-order valence-corrected chi connectivity index (χ2v) is 13.1. The van der Waals surface area contributed by atoms with E-state index in [4.69, 9.17) is 4.74 Å². The molecule has 10 nitrogen and oxygen atoms in total. The first-order chi connectivity index (χ1) is 21.7. The SMILES string of the molecule is Cc1nc(C(=O)N2CCOC3(CCN(Cc4cc(F)cc(CCNC[C@H](O)c5ccc(O)c6[nH]c(=O)ccc56)c4)CC3)C2)cs1. The number of nitrogens with zero attached hydrogens (tertiary/aromatic N) is 3. The van der Waals surface area contributed by atoms with Gasteiger partial charge in [0.1, 0.15) is 17.3 Å². The number of aromatic hydroxyl groups is 1. The first kappa shape index (κ1) is 31.3. The van der Waals surface area contributed by atoms with Crippen LogP contribution in [0.15, 0.2) is 52.6 Å². The summed E-state index contributed by atoms with van der Waals surface area (Å²) in [6.45, 7) is 6.55. The van der Waals surface area contributed by atoms with E-state index in [-0.39, 0.29) is 35.2 Å². The number of rotatable bonds is 9. The number of hydrogen-bond acceptors (Lipinski definition) is 9. The highest BCUT2D eigenvalue weighted by Crippen LogP contribution is 2.32. The number of phenols is 1. The van der Waals surface area contributed by atoms with Gasteiger partial charge in [0.25, 0.3) is 5.91 Å². The molecule has 0 radical (unpaired) electrons. The number of fused-ring (bicyclic) bond motifs is 1. The van der Waals surface area contributed by atoms with Crippen molar-refractivity contribution >= 4 is 28.1 Å². The number of halogens is 1. The van der Waals surface area contributed by atoms with Gasteiger partial charge in [-0.1, -0.05) is 12.1 Å². The lowest BCUT2D eigenvalue weighted by atomic mass is 9.89. The lowest BCUT2D eigenvalue weighted by Crippen LogP contribution is -2.58. The summed E-state index contributed by atoms with van der Waals surface area (Å²) in [5, 5.41) is 27.4. The summed E-state index contributed by atoms with van der Waals surface area (Å²) in [7, 11) is 0. The number of hydrogen-bond donors (Lipinski definition) is 4. The fourth-order valence-electron chi connectivity index (χ4n) is 6.41. The molecule has 1 atom stereocenters. The van der Waals surface area contributed by atoms with Gasteiger partial charge >= 0.3 is 0 Å². The van der Waals surface area contributed by atoms with Crippen molar-refractivity contribution in [2.75, 3.05) is 45.9 Å². The molecular formula is C33H38FN5O5S. The van der Waals surface area contributed by atoms with Crippen LogP contribution in [0.3, 0.4) is 0 Å². The van der Waals surface area contributed by atoms with Crippen molar-refractivity contribution in [3.05, 3.63) is 91.4 Å². The number of carbonyl (C=O) groups excluding carboxylic acids is 1. The Balaban J connectivity index is 0.995. The Kier molecular flexibility index (Phi) is 9.29. The van der Waals surface area contributed by atoms with E-state index in [1.807, 2.05) is 23.3 Å². The second-order valence-electron chi connectivity index (χ2n) is 12.0. The first-order valence-electron chi connectivity index (χ1n) is 15.3. The molecule has 45 heavy (non-hydrogen) atoms. The summed E-state index contributed by atoms with van der Waals surface area (Å²) in [6, 6.07) is 11.2. The van der Waals surface area contributed by atoms with E-state index < -0.39 is 6.10 Å². The van der Waals surface area contributed by atoms with Crippen molar-refractivity contribution in [1.29, 1.82) is 0 Å². The van der Waals surface area contributed by atoms with Crippen LogP contribution >= 0.6 is 11.3 Å². The molecule has 0 saturated carbocycles. The Morgan fingerprint density at radius 1 is 1.18 bits per heavy atom. The fourth-order valence-corrected chi connectivity index (χ4v) is 6.99. The quantitative estimate of drug-likeness (QED) is 0.206. The summed E-state index contributed by atoms with van der Waals surface area (Å²) in [5.74, 6) is -0.365. The third-order valence-electron chi connectivity index (χ3n) is 8.76. The number of aliphatic hydroxyl groups is 1. The van der Waals surface area contributed by atoms with Gasteiger partial charge in [-0.3, -0.25) is 14.5 Å². The Morgan fingerprint density at radius 2 is 1.98 bits per heavy atom. The van der Waals surface area contributed by atoms with Gasteiger partial charge in [-0.05, 0) is 73.7 Å². The molecule has 0 bridgehead atoms. The highest BCUT2D eigenvalue weighted by atomic mass is 32.1. The maximum atomic E-state index is 14.6. The Morgan fingerprint density at radius 3 is 2.76 bits per heavy atom.